The fraction of sp³-hybridized carbons (Fsp3) is 0.111. The quantitative estimate of drug-likeness (QED) is 0.732. The number of nitrogens with zero attached hydrogens (tertiary/aromatic N) is 1. The number of hydrogen-bond acceptors (Lipinski definition) is 2. The number of aromatic nitrogens is 1. The number of carbonyl (C=O) groups excluding carboxylic acids is 1. The normalized spacial score (nSPS) is 11.5. The van der Waals surface area contributed by atoms with E-state index < -0.39 is 11.7 Å². The van der Waals surface area contributed by atoms with Crippen LogP contribution < -0.4 is 5.32 Å². The van der Waals surface area contributed by atoms with Gasteiger partial charge in [-0.1, -0.05) is 29.8 Å². The molecule has 0 radical (unpaired) electrons. The Morgan fingerprint density at radius 2 is 1.75 bits per heavy atom. The summed E-state index contributed by atoms with van der Waals surface area (Å²) >= 11 is 0. The minimum absolute atomic E-state index is 0.188. The summed E-state index contributed by atoms with van der Waals surface area (Å²) in [6.07, 6.45) is -3.26. The number of alkyl halides is 3. The fourth-order valence-corrected chi connectivity index (χ4v) is 2.41. The number of amides is 1. The summed E-state index contributed by atoms with van der Waals surface area (Å²) in [7, 11) is 0. The molecule has 1 heterocycles. The van der Waals surface area contributed by atoms with Crippen LogP contribution in [0.15, 0.2) is 54.7 Å². The van der Waals surface area contributed by atoms with E-state index in [0.29, 0.717) is 5.56 Å². The first kappa shape index (κ1) is 16.0. The number of hydrogen-bond donors (Lipinski definition) is 1. The molecule has 0 aliphatic heterocycles. The van der Waals surface area contributed by atoms with Gasteiger partial charge >= 0.3 is 6.18 Å². The lowest BCUT2D eigenvalue weighted by molar-refractivity contribution is -0.136. The van der Waals surface area contributed by atoms with Crippen molar-refractivity contribution in [1.29, 1.82) is 0 Å². The minimum Gasteiger partial charge on any atom is -0.321 e. The van der Waals surface area contributed by atoms with E-state index in [-0.39, 0.29) is 22.5 Å². The number of anilines is 1. The molecule has 0 atom stereocenters. The van der Waals surface area contributed by atoms with E-state index in [9.17, 15) is 18.0 Å². The number of pyridine rings is 1. The number of para-hydroxylation sites is 1. The molecule has 0 aliphatic carbocycles. The average Bonchev–Trinajstić information content (AvgIpc) is 2.54. The SMILES string of the molecule is Cc1ccc(C(=O)Nc2ccnc3c(C(F)(F)F)cccc23)cc1. The van der Waals surface area contributed by atoms with Gasteiger partial charge in [-0.25, -0.2) is 0 Å². The average molecular weight is 330 g/mol. The van der Waals surface area contributed by atoms with Crippen LogP contribution in [-0.2, 0) is 6.18 Å². The maximum atomic E-state index is 13.1. The van der Waals surface area contributed by atoms with Crippen LogP contribution in [0.25, 0.3) is 10.9 Å². The van der Waals surface area contributed by atoms with Gasteiger partial charge in [-0.15, -0.1) is 0 Å². The summed E-state index contributed by atoms with van der Waals surface area (Å²) in [5.74, 6) is -0.389. The van der Waals surface area contributed by atoms with Gasteiger partial charge in [0.05, 0.1) is 16.8 Å². The molecule has 1 amide bonds. The van der Waals surface area contributed by atoms with Crippen molar-refractivity contribution in [2.45, 2.75) is 13.1 Å². The first-order valence-corrected chi connectivity index (χ1v) is 7.19. The second-order valence-electron chi connectivity index (χ2n) is 5.38. The summed E-state index contributed by atoms with van der Waals surface area (Å²) in [4.78, 5) is 16.1. The Morgan fingerprint density at radius 3 is 2.42 bits per heavy atom. The first-order valence-electron chi connectivity index (χ1n) is 7.19. The number of nitrogens with one attached hydrogen (secondary N) is 1. The van der Waals surface area contributed by atoms with Crippen molar-refractivity contribution in [1.82, 2.24) is 4.98 Å². The van der Waals surface area contributed by atoms with Crippen molar-refractivity contribution in [3.8, 4) is 0 Å². The van der Waals surface area contributed by atoms with Crippen molar-refractivity contribution in [3.05, 3.63) is 71.4 Å². The van der Waals surface area contributed by atoms with Crippen LogP contribution in [0.2, 0.25) is 0 Å². The fourth-order valence-electron chi connectivity index (χ4n) is 2.41. The van der Waals surface area contributed by atoms with Crippen molar-refractivity contribution in [2.24, 2.45) is 0 Å². The number of halogens is 3. The van der Waals surface area contributed by atoms with Crippen LogP contribution in [-0.4, -0.2) is 10.9 Å². The van der Waals surface area contributed by atoms with Crippen LogP contribution in [0.4, 0.5) is 18.9 Å². The van der Waals surface area contributed by atoms with E-state index in [1.54, 1.807) is 24.3 Å². The number of carbonyl (C=O) groups is 1. The van der Waals surface area contributed by atoms with Crippen LogP contribution >= 0.6 is 0 Å². The Labute approximate surface area is 136 Å². The third-order valence-electron chi connectivity index (χ3n) is 3.64. The smallest absolute Gasteiger partial charge is 0.321 e. The van der Waals surface area contributed by atoms with E-state index in [1.165, 1.54) is 24.4 Å². The van der Waals surface area contributed by atoms with Crippen LogP contribution in [0.3, 0.4) is 0 Å². The van der Waals surface area contributed by atoms with Gasteiger partial charge in [-0.05, 0) is 31.2 Å². The predicted molar refractivity (Wildman–Crippen MR) is 85.9 cm³/mol. The Kier molecular flexibility index (Phi) is 3.97. The maximum Gasteiger partial charge on any atom is 0.418 e. The maximum absolute atomic E-state index is 13.1. The number of fused-ring (bicyclic) bond motifs is 1. The van der Waals surface area contributed by atoms with Gasteiger partial charge in [0.2, 0.25) is 0 Å². The van der Waals surface area contributed by atoms with Crippen LogP contribution in [0.5, 0.6) is 0 Å². The lowest BCUT2D eigenvalue weighted by Gasteiger charge is -2.12. The van der Waals surface area contributed by atoms with E-state index in [1.807, 2.05) is 6.92 Å². The summed E-state index contributed by atoms with van der Waals surface area (Å²) in [6.45, 7) is 1.90. The van der Waals surface area contributed by atoms with Crippen LogP contribution in [0.1, 0.15) is 21.5 Å². The van der Waals surface area contributed by atoms with E-state index in [2.05, 4.69) is 10.3 Å². The summed E-state index contributed by atoms with van der Waals surface area (Å²) < 4.78 is 39.3. The monoisotopic (exact) mass is 330 g/mol. The molecule has 0 spiro atoms. The molecule has 3 aromatic rings. The molecular weight excluding hydrogens is 317 g/mol. The van der Waals surface area contributed by atoms with Crippen LogP contribution in [0, 0.1) is 6.92 Å². The highest BCUT2D eigenvalue weighted by Crippen LogP contribution is 2.35. The highest BCUT2D eigenvalue weighted by molar-refractivity contribution is 6.08. The van der Waals surface area contributed by atoms with Gasteiger partial charge in [0.25, 0.3) is 5.91 Å². The van der Waals surface area contributed by atoms with Gasteiger partial charge in [-0.2, -0.15) is 13.2 Å². The van der Waals surface area contributed by atoms with E-state index in [4.69, 9.17) is 0 Å². The van der Waals surface area contributed by atoms with Crippen molar-refractivity contribution < 1.29 is 18.0 Å². The molecule has 24 heavy (non-hydrogen) atoms. The molecular formula is C18H13F3N2O. The van der Waals surface area contributed by atoms with Crippen molar-refractivity contribution in [2.75, 3.05) is 5.32 Å². The molecule has 3 nitrogen and oxygen atoms in total. The zero-order chi connectivity index (χ0) is 17.3. The van der Waals surface area contributed by atoms with E-state index >= 15 is 0 Å². The molecule has 122 valence electrons. The zero-order valence-corrected chi connectivity index (χ0v) is 12.7. The van der Waals surface area contributed by atoms with Crippen molar-refractivity contribution in [3.63, 3.8) is 0 Å². The van der Waals surface area contributed by atoms with Gasteiger partial charge in [0, 0.05) is 17.1 Å². The summed E-state index contributed by atoms with van der Waals surface area (Å²) in [5.41, 5.74) is 0.711. The van der Waals surface area contributed by atoms with Crippen molar-refractivity contribution >= 4 is 22.5 Å². The highest BCUT2D eigenvalue weighted by atomic mass is 19.4. The topological polar surface area (TPSA) is 42.0 Å². The first-order chi connectivity index (χ1) is 11.4. The second kappa shape index (κ2) is 5.96. The molecule has 1 aromatic heterocycles. The summed E-state index contributed by atoms with van der Waals surface area (Å²) in [6, 6.07) is 12.2. The molecule has 0 bridgehead atoms. The molecule has 0 fully saturated rings. The Morgan fingerprint density at radius 1 is 1.04 bits per heavy atom. The number of benzene rings is 2. The molecule has 6 heteroatoms. The Hall–Kier alpha value is -2.89. The lowest BCUT2D eigenvalue weighted by Crippen LogP contribution is -2.13. The standard InChI is InChI=1S/C18H13F3N2O/c1-11-5-7-12(8-6-11)17(24)23-15-9-10-22-16-13(15)3-2-4-14(16)18(19,20)21/h2-10H,1H3,(H,22,23,24). The lowest BCUT2D eigenvalue weighted by atomic mass is 10.1. The van der Waals surface area contributed by atoms with Gasteiger partial charge in [0.1, 0.15) is 0 Å². The molecule has 0 saturated heterocycles. The molecule has 1 N–H and O–H groups in total. The molecule has 3 rings (SSSR count). The molecule has 0 unspecified atom stereocenters. The second-order valence-corrected chi connectivity index (χ2v) is 5.38. The third kappa shape index (κ3) is 3.08. The molecule has 0 aliphatic rings. The highest BCUT2D eigenvalue weighted by Gasteiger charge is 2.33. The Balaban J connectivity index is 2.01. The summed E-state index contributed by atoms with van der Waals surface area (Å²) in [5, 5.41) is 2.90. The molecule has 0 saturated carbocycles. The zero-order valence-electron chi connectivity index (χ0n) is 12.7. The van der Waals surface area contributed by atoms with Gasteiger partial charge in [0.15, 0.2) is 0 Å². The predicted octanol–water partition coefficient (Wildman–Crippen LogP) is 4.81. The Bertz CT molecular complexity index is 902. The van der Waals surface area contributed by atoms with E-state index in [0.717, 1.165) is 11.6 Å². The number of rotatable bonds is 2. The third-order valence-corrected chi connectivity index (χ3v) is 3.64. The molecule has 2 aromatic carbocycles. The van der Waals surface area contributed by atoms with Gasteiger partial charge < -0.3 is 5.32 Å². The number of aryl methyl sites for hydroxylation is 1. The largest absolute Gasteiger partial charge is 0.418 e. The minimum atomic E-state index is -4.51. The van der Waals surface area contributed by atoms with Gasteiger partial charge in [-0.3, -0.25) is 9.78 Å².